The van der Waals surface area contributed by atoms with E-state index in [1.54, 1.807) is 19.2 Å². The maximum atomic E-state index is 13.2. The summed E-state index contributed by atoms with van der Waals surface area (Å²) in [7, 11) is 0. The fraction of sp³-hybridized carbons (Fsp3) is 0.519. The Morgan fingerprint density at radius 2 is 1.83 bits per heavy atom. The number of carbonyl (C=O) groups is 3. The highest BCUT2D eigenvalue weighted by Crippen LogP contribution is 2.32. The quantitative estimate of drug-likeness (QED) is 0.591. The van der Waals surface area contributed by atoms with Gasteiger partial charge in [-0.15, -0.1) is 0 Å². The average Bonchev–Trinajstić information content (AvgIpc) is 3.53. The van der Waals surface area contributed by atoms with Crippen LogP contribution in [0.5, 0.6) is 0 Å². The minimum atomic E-state index is -0.444. The molecular weight excluding hydrogens is 522 g/mol. The molecule has 2 fully saturated rings. The average molecular weight is 554 g/mol. The molecule has 9 heteroatoms. The van der Waals surface area contributed by atoms with Crippen molar-refractivity contribution in [3.05, 3.63) is 40.0 Å². The fourth-order valence-electron chi connectivity index (χ4n) is 5.80. The van der Waals surface area contributed by atoms with Gasteiger partial charge in [0.25, 0.3) is 11.8 Å². The smallest absolute Gasteiger partial charge is 0.254 e. The molecule has 36 heavy (non-hydrogen) atoms. The Balaban J connectivity index is 1.29. The van der Waals surface area contributed by atoms with Crippen molar-refractivity contribution in [2.75, 3.05) is 19.6 Å². The fourth-order valence-corrected chi connectivity index (χ4v) is 6.24. The standard InChI is InChI=1S/C27H32BrN5O3/c1-16-11-17(2)31-26(35)22(16)14-29-25(34)21-12-19(28)13-24-23(21)15-30-33(24)20-7-9-32(10-8-20)27(36)18-5-3-4-6-18/h11-13,15,18,20,22H,3-10,14H2,1-2H3,(H,29,34). The molecule has 3 heterocycles. The monoisotopic (exact) mass is 553 g/mol. The SMILES string of the molecule is CC1=CC(C)=NC(=O)C1CNC(=O)c1cc(Br)cc2c1cnn2C1CCN(C(=O)C2CCCC2)CC1. The van der Waals surface area contributed by atoms with Crippen LogP contribution in [0.25, 0.3) is 10.9 Å². The Morgan fingerprint density at radius 1 is 1.11 bits per heavy atom. The lowest BCUT2D eigenvalue weighted by Crippen LogP contribution is -2.41. The Bertz CT molecular complexity index is 1270. The molecule has 3 amide bonds. The predicted molar refractivity (Wildman–Crippen MR) is 142 cm³/mol. The van der Waals surface area contributed by atoms with E-state index < -0.39 is 5.92 Å². The second kappa shape index (κ2) is 10.3. The zero-order valence-corrected chi connectivity index (χ0v) is 22.4. The summed E-state index contributed by atoms with van der Waals surface area (Å²) in [5, 5.41) is 8.36. The van der Waals surface area contributed by atoms with Crippen molar-refractivity contribution in [1.82, 2.24) is 20.0 Å². The number of aromatic nitrogens is 2. The first-order chi connectivity index (χ1) is 17.3. The molecule has 1 aromatic heterocycles. The van der Waals surface area contributed by atoms with Gasteiger partial charge in [-0.2, -0.15) is 5.10 Å². The van der Waals surface area contributed by atoms with E-state index in [2.05, 4.69) is 31.3 Å². The van der Waals surface area contributed by atoms with Gasteiger partial charge < -0.3 is 10.2 Å². The summed E-state index contributed by atoms with van der Waals surface area (Å²) >= 11 is 3.56. The molecule has 0 spiro atoms. The topological polar surface area (TPSA) is 96.7 Å². The Hall–Kier alpha value is -2.81. The molecule has 1 unspecified atom stereocenters. The van der Waals surface area contributed by atoms with Crippen molar-refractivity contribution in [1.29, 1.82) is 0 Å². The minimum absolute atomic E-state index is 0.175. The van der Waals surface area contributed by atoms with E-state index in [-0.39, 0.29) is 30.3 Å². The van der Waals surface area contributed by atoms with Gasteiger partial charge in [-0.05, 0) is 57.7 Å². The first-order valence-corrected chi connectivity index (χ1v) is 13.6. The van der Waals surface area contributed by atoms with Crippen molar-refractivity contribution in [2.24, 2.45) is 16.8 Å². The number of hydrogen-bond donors (Lipinski definition) is 1. The normalized spacial score (nSPS) is 21.6. The first-order valence-electron chi connectivity index (χ1n) is 12.8. The molecule has 1 aromatic carbocycles. The van der Waals surface area contributed by atoms with E-state index in [0.717, 1.165) is 72.6 Å². The highest BCUT2D eigenvalue weighted by atomic mass is 79.9. The summed E-state index contributed by atoms with van der Waals surface area (Å²) in [6.07, 6.45) is 9.70. The number of dihydropyridines is 1. The van der Waals surface area contributed by atoms with Gasteiger partial charge in [0, 0.05) is 41.1 Å². The molecule has 0 radical (unpaired) electrons. The van der Waals surface area contributed by atoms with Crippen LogP contribution in [0.1, 0.15) is 68.8 Å². The molecule has 3 aliphatic rings. The van der Waals surface area contributed by atoms with Crippen molar-refractivity contribution < 1.29 is 14.4 Å². The molecule has 2 aromatic rings. The summed E-state index contributed by atoms with van der Waals surface area (Å²) in [5.74, 6) is -0.383. The first kappa shape index (κ1) is 24.9. The maximum Gasteiger partial charge on any atom is 0.254 e. The number of likely N-dealkylation sites (tertiary alicyclic amines) is 1. The third-order valence-corrected chi connectivity index (χ3v) is 8.25. The van der Waals surface area contributed by atoms with Crippen molar-refractivity contribution in [3.8, 4) is 0 Å². The van der Waals surface area contributed by atoms with Gasteiger partial charge in [-0.1, -0.05) is 34.3 Å². The van der Waals surface area contributed by atoms with Crippen LogP contribution < -0.4 is 5.32 Å². The van der Waals surface area contributed by atoms with Gasteiger partial charge in [-0.3, -0.25) is 19.1 Å². The van der Waals surface area contributed by atoms with Crippen molar-refractivity contribution in [2.45, 2.75) is 58.4 Å². The molecule has 1 aliphatic carbocycles. The number of benzene rings is 1. The molecule has 5 rings (SSSR count). The second-order valence-electron chi connectivity index (χ2n) is 10.3. The van der Waals surface area contributed by atoms with E-state index in [1.165, 1.54) is 0 Å². The molecule has 1 saturated carbocycles. The predicted octanol–water partition coefficient (Wildman–Crippen LogP) is 4.45. The number of amides is 3. The van der Waals surface area contributed by atoms with Gasteiger partial charge in [-0.25, -0.2) is 4.99 Å². The highest BCUT2D eigenvalue weighted by Gasteiger charge is 2.31. The molecule has 1 N–H and O–H groups in total. The van der Waals surface area contributed by atoms with E-state index in [0.29, 0.717) is 17.2 Å². The van der Waals surface area contributed by atoms with Gasteiger partial charge in [0.05, 0.1) is 29.2 Å². The lowest BCUT2D eigenvalue weighted by molar-refractivity contribution is -0.136. The van der Waals surface area contributed by atoms with Crippen LogP contribution in [0.2, 0.25) is 0 Å². The number of hydrogen-bond acceptors (Lipinski definition) is 4. The summed E-state index contributed by atoms with van der Waals surface area (Å²) < 4.78 is 2.80. The van der Waals surface area contributed by atoms with Crippen LogP contribution in [0.4, 0.5) is 0 Å². The number of nitrogens with one attached hydrogen (secondary N) is 1. The zero-order chi connectivity index (χ0) is 25.4. The van der Waals surface area contributed by atoms with Gasteiger partial charge in [0.2, 0.25) is 5.91 Å². The van der Waals surface area contributed by atoms with E-state index >= 15 is 0 Å². The molecular formula is C27H32BrN5O3. The summed E-state index contributed by atoms with van der Waals surface area (Å²) in [4.78, 5) is 44.4. The van der Waals surface area contributed by atoms with Gasteiger partial charge >= 0.3 is 0 Å². The van der Waals surface area contributed by atoms with Crippen LogP contribution in [0, 0.1) is 11.8 Å². The lowest BCUT2D eigenvalue weighted by Gasteiger charge is -2.34. The van der Waals surface area contributed by atoms with Crippen LogP contribution in [0.15, 0.2) is 39.4 Å². The number of halogens is 1. The molecule has 1 saturated heterocycles. The number of fused-ring (bicyclic) bond motifs is 1. The molecule has 8 nitrogen and oxygen atoms in total. The summed E-state index contributed by atoms with van der Waals surface area (Å²) in [6.45, 7) is 5.37. The number of carbonyl (C=O) groups excluding carboxylic acids is 3. The van der Waals surface area contributed by atoms with E-state index in [9.17, 15) is 14.4 Å². The number of nitrogens with zero attached hydrogens (tertiary/aromatic N) is 4. The van der Waals surface area contributed by atoms with Crippen molar-refractivity contribution in [3.63, 3.8) is 0 Å². The highest BCUT2D eigenvalue weighted by molar-refractivity contribution is 9.10. The third kappa shape index (κ3) is 4.90. The van der Waals surface area contributed by atoms with Gasteiger partial charge in [0.1, 0.15) is 0 Å². The number of aliphatic imine (C=N–C) groups is 1. The number of rotatable bonds is 5. The largest absolute Gasteiger partial charge is 0.351 e. The molecule has 1 atom stereocenters. The molecule has 2 aliphatic heterocycles. The Morgan fingerprint density at radius 3 is 2.53 bits per heavy atom. The van der Waals surface area contributed by atoms with Crippen LogP contribution in [0.3, 0.4) is 0 Å². The van der Waals surface area contributed by atoms with Crippen LogP contribution in [-0.4, -0.2) is 57.7 Å². The van der Waals surface area contributed by atoms with Crippen LogP contribution >= 0.6 is 15.9 Å². The summed E-state index contributed by atoms with van der Waals surface area (Å²) in [5.41, 5.74) is 3.00. The maximum absolute atomic E-state index is 13.2. The molecule has 0 bridgehead atoms. The Labute approximate surface area is 219 Å². The van der Waals surface area contributed by atoms with E-state index in [1.807, 2.05) is 28.6 Å². The zero-order valence-electron chi connectivity index (χ0n) is 20.8. The Kier molecular flexibility index (Phi) is 7.10. The second-order valence-corrected chi connectivity index (χ2v) is 11.2. The number of piperidine rings is 1. The molecule has 190 valence electrons. The van der Waals surface area contributed by atoms with Crippen molar-refractivity contribution >= 4 is 50.3 Å². The lowest BCUT2D eigenvalue weighted by atomic mass is 9.95. The van der Waals surface area contributed by atoms with E-state index in [4.69, 9.17) is 0 Å². The third-order valence-electron chi connectivity index (χ3n) is 7.79. The number of allylic oxidation sites excluding steroid dienone is 1. The van der Waals surface area contributed by atoms with Gasteiger partial charge in [0.15, 0.2) is 0 Å². The van der Waals surface area contributed by atoms with Crippen LogP contribution in [-0.2, 0) is 9.59 Å². The minimum Gasteiger partial charge on any atom is -0.351 e. The summed E-state index contributed by atoms with van der Waals surface area (Å²) in [6, 6.07) is 3.96.